The van der Waals surface area contributed by atoms with Crippen LogP contribution in [0.25, 0.3) is 5.57 Å². The predicted molar refractivity (Wildman–Crippen MR) is 131 cm³/mol. The van der Waals surface area contributed by atoms with Gasteiger partial charge in [-0.05, 0) is 66.6 Å². The molecule has 4 nitrogen and oxygen atoms in total. The molecule has 0 bridgehead atoms. The third-order valence-electron chi connectivity index (χ3n) is 6.60. The van der Waals surface area contributed by atoms with E-state index in [1.54, 1.807) is 6.20 Å². The smallest absolute Gasteiger partial charge is 0.227 e. The van der Waals surface area contributed by atoms with Gasteiger partial charge in [0.1, 0.15) is 7.05 Å². The Morgan fingerprint density at radius 3 is 2.58 bits per heavy atom. The molecule has 1 amide bonds. The van der Waals surface area contributed by atoms with Crippen molar-refractivity contribution in [3.05, 3.63) is 98.6 Å². The van der Waals surface area contributed by atoms with Crippen molar-refractivity contribution < 1.29 is 9.36 Å². The van der Waals surface area contributed by atoms with E-state index in [9.17, 15) is 4.79 Å². The van der Waals surface area contributed by atoms with Gasteiger partial charge >= 0.3 is 0 Å². The molecule has 0 atom stereocenters. The van der Waals surface area contributed by atoms with Crippen molar-refractivity contribution in [1.29, 1.82) is 0 Å². The molecule has 0 saturated carbocycles. The van der Waals surface area contributed by atoms with Gasteiger partial charge in [0.05, 0.1) is 17.1 Å². The molecule has 33 heavy (non-hydrogen) atoms. The van der Waals surface area contributed by atoms with E-state index in [-0.39, 0.29) is 5.91 Å². The van der Waals surface area contributed by atoms with Gasteiger partial charge in [-0.2, -0.15) is 0 Å². The lowest BCUT2D eigenvalue weighted by Gasteiger charge is -2.30. The number of rotatable bonds is 2. The first kappa shape index (κ1) is 22.1. The summed E-state index contributed by atoms with van der Waals surface area (Å²) in [5, 5.41) is 1.42. The molecule has 6 heteroatoms. The topological polar surface area (TPSA) is 37.1 Å². The Labute approximate surface area is 204 Å². The summed E-state index contributed by atoms with van der Waals surface area (Å²) < 4.78 is 1.98. The summed E-state index contributed by atoms with van der Waals surface area (Å²) in [4.78, 5) is 19.7. The van der Waals surface area contributed by atoms with Gasteiger partial charge in [-0.3, -0.25) is 9.78 Å². The molecule has 0 spiro atoms. The number of hydrogen-bond acceptors (Lipinski definition) is 2. The second kappa shape index (κ2) is 9.28. The van der Waals surface area contributed by atoms with Gasteiger partial charge in [0.2, 0.25) is 5.91 Å². The fourth-order valence-electron chi connectivity index (χ4n) is 4.98. The van der Waals surface area contributed by atoms with Crippen molar-refractivity contribution in [3.63, 3.8) is 0 Å². The van der Waals surface area contributed by atoms with Crippen LogP contribution >= 0.6 is 23.2 Å². The highest BCUT2D eigenvalue weighted by Gasteiger charge is 2.27. The molecule has 3 aromatic rings. The average molecular weight is 479 g/mol. The van der Waals surface area contributed by atoms with E-state index in [4.69, 9.17) is 28.2 Å². The number of hydrogen-bond donors (Lipinski definition) is 0. The van der Waals surface area contributed by atoms with Gasteiger partial charge in [0.25, 0.3) is 0 Å². The van der Waals surface area contributed by atoms with Crippen LogP contribution in [0.3, 0.4) is 0 Å². The van der Waals surface area contributed by atoms with E-state index < -0.39 is 0 Å². The number of carbonyl (C=O) groups is 1. The minimum absolute atomic E-state index is 0.184. The molecule has 1 aliphatic heterocycles. The van der Waals surface area contributed by atoms with Gasteiger partial charge < -0.3 is 4.90 Å². The summed E-state index contributed by atoms with van der Waals surface area (Å²) in [6.45, 7) is 1.45. The summed E-state index contributed by atoms with van der Waals surface area (Å²) >= 11 is 12.6. The Morgan fingerprint density at radius 2 is 1.79 bits per heavy atom. The molecular formula is C27H26Cl2N3O+. The van der Waals surface area contributed by atoms with Crippen LogP contribution < -0.4 is 4.57 Å². The Bertz CT molecular complexity index is 1200. The highest BCUT2D eigenvalue weighted by atomic mass is 35.5. The van der Waals surface area contributed by atoms with Crippen molar-refractivity contribution in [2.24, 2.45) is 7.05 Å². The lowest BCUT2D eigenvalue weighted by atomic mass is 9.88. The fraction of sp³-hybridized carbons (Fsp3) is 0.296. The highest BCUT2D eigenvalue weighted by molar-refractivity contribution is 6.31. The second-order valence-electron chi connectivity index (χ2n) is 8.88. The monoisotopic (exact) mass is 478 g/mol. The quantitative estimate of drug-likeness (QED) is 0.487. The van der Waals surface area contributed by atoms with Crippen LogP contribution in [-0.4, -0.2) is 28.9 Å². The number of piperidine rings is 1. The minimum Gasteiger partial charge on any atom is -0.342 e. The number of nitrogens with zero attached hydrogens (tertiary/aromatic N) is 3. The van der Waals surface area contributed by atoms with E-state index in [0.29, 0.717) is 11.4 Å². The summed E-state index contributed by atoms with van der Waals surface area (Å²) in [6.07, 6.45) is 9.63. The van der Waals surface area contributed by atoms with Crippen molar-refractivity contribution in [2.75, 3.05) is 13.1 Å². The molecule has 1 fully saturated rings. The van der Waals surface area contributed by atoms with Crippen molar-refractivity contribution in [1.82, 2.24) is 9.88 Å². The number of aryl methyl sites for hydroxylation is 3. The lowest BCUT2D eigenvalue weighted by molar-refractivity contribution is -0.671. The van der Waals surface area contributed by atoms with Gasteiger partial charge in [-0.25, -0.2) is 4.57 Å². The van der Waals surface area contributed by atoms with Gasteiger partial charge in [-0.1, -0.05) is 34.8 Å². The van der Waals surface area contributed by atoms with Gasteiger partial charge in [0, 0.05) is 41.5 Å². The molecule has 5 rings (SSSR count). The molecule has 0 radical (unpaired) electrons. The summed E-state index contributed by atoms with van der Waals surface area (Å²) in [6, 6.07) is 12.2. The third-order valence-corrected chi connectivity index (χ3v) is 7.04. The molecule has 2 aromatic heterocycles. The molecule has 1 aliphatic carbocycles. The molecule has 3 heterocycles. The molecule has 1 saturated heterocycles. The molecule has 1 aromatic carbocycles. The number of halogens is 2. The standard InChI is InChI=1S/C27H26Cl2N3O/c1-31-10-2-3-18(17-31)13-25(33)32-11-8-19(9-12-32)26-24-7-6-22(28)14-20(24)4-5-21-15-23(29)16-30-27(21)26/h2-3,6-7,10,14-17H,4-5,8-9,11-13H2,1H3/q+1. The van der Waals surface area contributed by atoms with E-state index in [0.717, 1.165) is 55.1 Å². The van der Waals surface area contributed by atoms with Crippen LogP contribution in [0.2, 0.25) is 10.0 Å². The molecule has 0 N–H and O–H groups in total. The Kier molecular flexibility index (Phi) is 6.22. The van der Waals surface area contributed by atoms with Crippen LogP contribution in [0.5, 0.6) is 0 Å². The van der Waals surface area contributed by atoms with E-state index in [2.05, 4.69) is 12.1 Å². The van der Waals surface area contributed by atoms with Crippen LogP contribution in [0, 0.1) is 0 Å². The number of aromatic nitrogens is 2. The number of amides is 1. The molecule has 0 unspecified atom stereocenters. The van der Waals surface area contributed by atoms with E-state index in [1.165, 1.54) is 27.8 Å². The number of benzene rings is 1. The number of carbonyl (C=O) groups excluding carboxylic acids is 1. The maximum Gasteiger partial charge on any atom is 0.227 e. The number of fused-ring (bicyclic) bond motifs is 2. The maximum atomic E-state index is 12.9. The summed E-state index contributed by atoms with van der Waals surface area (Å²) in [7, 11) is 1.98. The highest BCUT2D eigenvalue weighted by Crippen LogP contribution is 2.39. The summed E-state index contributed by atoms with van der Waals surface area (Å²) in [5.74, 6) is 0.184. The normalized spacial score (nSPS) is 15.7. The third kappa shape index (κ3) is 4.68. The van der Waals surface area contributed by atoms with Crippen LogP contribution in [0.15, 0.2) is 60.6 Å². The predicted octanol–water partition coefficient (Wildman–Crippen LogP) is 4.98. The Hall–Kier alpha value is -2.69. The SMILES string of the molecule is C[n+]1cccc(CC(=O)N2CCC(=C3c4ccc(Cl)cc4CCc4cc(Cl)cnc43)CC2)c1. The first-order valence-corrected chi connectivity index (χ1v) is 12.1. The van der Waals surface area contributed by atoms with E-state index >= 15 is 0 Å². The first-order valence-electron chi connectivity index (χ1n) is 11.4. The zero-order valence-electron chi connectivity index (χ0n) is 18.7. The average Bonchev–Trinajstić information content (AvgIpc) is 2.95. The van der Waals surface area contributed by atoms with Crippen molar-refractivity contribution >= 4 is 34.7 Å². The van der Waals surface area contributed by atoms with Crippen LogP contribution in [0.4, 0.5) is 0 Å². The Balaban J connectivity index is 1.44. The first-order chi connectivity index (χ1) is 16.0. The Morgan fingerprint density at radius 1 is 1.03 bits per heavy atom. The fourth-order valence-corrected chi connectivity index (χ4v) is 5.36. The maximum absolute atomic E-state index is 12.9. The zero-order chi connectivity index (χ0) is 22.9. The second-order valence-corrected chi connectivity index (χ2v) is 9.75. The molecule has 2 aliphatic rings. The number of pyridine rings is 2. The van der Waals surface area contributed by atoms with Gasteiger partial charge in [0.15, 0.2) is 12.4 Å². The van der Waals surface area contributed by atoms with Crippen molar-refractivity contribution in [2.45, 2.75) is 32.1 Å². The number of likely N-dealkylation sites (tertiary alicyclic amines) is 1. The molecule has 168 valence electrons. The zero-order valence-corrected chi connectivity index (χ0v) is 20.2. The van der Waals surface area contributed by atoms with Crippen LogP contribution in [-0.2, 0) is 31.1 Å². The molecular weight excluding hydrogens is 453 g/mol. The summed E-state index contributed by atoms with van der Waals surface area (Å²) in [5.41, 5.74) is 8.24. The van der Waals surface area contributed by atoms with Gasteiger partial charge in [-0.15, -0.1) is 0 Å². The van der Waals surface area contributed by atoms with Crippen molar-refractivity contribution in [3.8, 4) is 0 Å². The largest absolute Gasteiger partial charge is 0.342 e. The minimum atomic E-state index is 0.184. The lowest BCUT2D eigenvalue weighted by Crippen LogP contribution is -2.38. The van der Waals surface area contributed by atoms with Crippen LogP contribution in [0.1, 0.15) is 40.8 Å². The van der Waals surface area contributed by atoms with E-state index in [1.807, 2.05) is 53.2 Å².